The molecule has 0 aromatic carbocycles. The third kappa shape index (κ3) is 69.6. The summed E-state index contributed by atoms with van der Waals surface area (Å²) in [7, 11) is -3.13. The molecule has 4 nitrogen and oxygen atoms in total. The summed E-state index contributed by atoms with van der Waals surface area (Å²) in [6.07, 6.45) is 0. The van der Waals surface area contributed by atoms with Crippen LogP contribution >= 0.6 is 0 Å². The Morgan fingerprint density at radius 3 is 1.38 bits per heavy atom. The molecule has 0 aromatic heterocycles. The summed E-state index contributed by atoms with van der Waals surface area (Å²) in [6.45, 7) is 0. The molecule has 0 saturated heterocycles. The van der Waals surface area contributed by atoms with Gasteiger partial charge < -0.3 is 17.9 Å². The van der Waals surface area contributed by atoms with Crippen molar-refractivity contribution in [2.75, 3.05) is 0 Å². The van der Waals surface area contributed by atoms with Gasteiger partial charge >= 0.3 is 90.1 Å². The van der Waals surface area contributed by atoms with Gasteiger partial charge in [0.05, 0.1) is 0 Å². The molecule has 42 valence electrons. The maximum Gasteiger partial charge on any atom is 1.00 e. The van der Waals surface area contributed by atoms with E-state index in [0.717, 1.165) is 0 Å². The quantitative estimate of drug-likeness (QED) is 0.372. The van der Waals surface area contributed by atoms with Crippen LogP contribution in [0.5, 0.6) is 0 Å². The molecule has 4 N–H and O–H groups in total. The van der Waals surface area contributed by atoms with Crippen LogP contribution in [0.15, 0.2) is 0 Å². The Bertz CT molecular complexity index is 46.2. The summed E-state index contributed by atoms with van der Waals surface area (Å²) in [6, 6.07) is 0. The minimum atomic E-state index is -3.13. The molecule has 0 spiro atoms. The zero-order valence-corrected chi connectivity index (χ0v) is 10.4. The van der Waals surface area contributed by atoms with E-state index in [4.69, 9.17) is 14.1 Å². The summed E-state index contributed by atoms with van der Waals surface area (Å²) >= 11 is 0. The van der Waals surface area contributed by atoms with E-state index in [1.165, 1.54) is 0 Å². The first-order chi connectivity index (χ1) is 1.73. The van der Waals surface area contributed by atoms with Gasteiger partial charge in [0.1, 0.15) is 0 Å². The van der Waals surface area contributed by atoms with Gasteiger partial charge in [-0.3, -0.25) is 4.46 Å². The van der Waals surface area contributed by atoms with Crippen molar-refractivity contribution in [3.63, 3.8) is 0 Å². The zero-order chi connectivity index (χ0) is 3.58. The largest absolute Gasteiger partial charge is 1.00 e. The van der Waals surface area contributed by atoms with Gasteiger partial charge in [0.2, 0.25) is 0 Å². The second-order valence-electron chi connectivity index (χ2n) is 0.283. The predicted molar refractivity (Wildman–Crippen MR) is 26.7 cm³/mol. The Hall–Kier alpha value is 2.75. The van der Waals surface area contributed by atoms with E-state index in [2.05, 4.69) is 0 Å². The van der Waals surface area contributed by atoms with Crippen molar-refractivity contribution >= 4 is 26.5 Å². The average molecular weight is 190 g/mol. The molecule has 0 saturated carbocycles. The van der Waals surface area contributed by atoms with Crippen LogP contribution in [0.1, 0.15) is 2.85 Å². The maximum absolute atomic E-state index is 8.74. The Morgan fingerprint density at radius 2 is 1.38 bits per heavy atom. The smallest absolute Gasteiger partial charge is 1.00 e. The van der Waals surface area contributed by atoms with Crippen LogP contribution in [0, 0.1) is 0 Å². The second kappa shape index (κ2) is 22.6. The molecule has 0 unspecified atom stereocenters. The van der Waals surface area contributed by atoms with E-state index >= 15 is 0 Å². The molecule has 0 aliphatic heterocycles. The van der Waals surface area contributed by atoms with Gasteiger partial charge in [-0.1, -0.05) is 0 Å². The van der Waals surface area contributed by atoms with Gasteiger partial charge in [-0.2, -0.15) is 0 Å². The third-order valence-corrected chi connectivity index (χ3v) is 0. The fraction of sp³-hybridized carbons (Fsp3) is 0. The third-order valence-electron chi connectivity index (χ3n) is 0. The van der Waals surface area contributed by atoms with E-state index in [0.29, 0.717) is 0 Å². The van der Waals surface area contributed by atoms with Crippen molar-refractivity contribution in [1.82, 2.24) is 0 Å². The van der Waals surface area contributed by atoms with Crippen molar-refractivity contribution in [2.24, 2.45) is 0 Å². The summed E-state index contributed by atoms with van der Waals surface area (Å²) in [5.41, 5.74) is 0. The second-order valence-corrected chi connectivity index (χ2v) is 0.848. The Balaban J connectivity index is -0.00000000300. The molecule has 0 rings (SSSR count). The molecule has 0 amide bonds. The Kier molecular flexibility index (Phi) is 87.3. The normalized spacial score (nSPS) is 3.00. The van der Waals surface area contributed by atoms with Crippen LogP contribution in [0.2, 0.25) is 0 Å². The van der Waals surface area contributed by atoms with Crippen molar-refractivity contribution in [1.29, 1.82) is 0 Å². The topological polar surface area (TPSA) is 89.0 Å². The summed E-state index contributed by atoms with van der Waals surface area (Å²) in [4.78, 5) is 14.3. The fourth-order valence-electron chi connectivity index (χ4n) is 0. The van der Waals surface area contributed by atoms with Crippen LogP contribution in [0.4, 0.5) is 0 Å². The molecular formula is H9AlKNaO4Si. The number of hydrogen-bond donors (Lipinski definition) is 2. The van der Waals surface area contributed by atoms with Crippen LogP contribution in [0.3, 0.4) is 0 Å². The first-order valence-electron chi connectivity index (χ1n) is 0.651. The molecular weight excluding hydrogens is 181 g/mol. The molecule has 8 heteroatoms. The van der Waals surface area contributed by atoms with Gasteiger partial charge in [0, 0.05) is 0 Å². The van der Waals surface area contributed by atoms with Gasteiger partial charge in [-0.15, -0.1) is 0 Å². The molecule has 0 bridgehead atoms. The maximum atomic E-state index is 8.74. The predicted octanol–water partition coefficient (Wildman–Crippen LogP) is -9.39. The minimum absolute atomic E-state index is 0. The minimum Gasteiger partial charge on any atom is -1.00 e. The van der Waals surface area contributed by atoms with E-state index in [-0.39, 0.29) is 107 Å². The molecule has 0 aliphatic rings. The van der Waals surface area contributed by atoms with E-state index in [1.807, 2.05) is 0 Å². The van der Waals surface area contributed by atoms with Crippen molar-refractivity contribution in [3.8, 4) is 0 Å². The summed E-state index contributed by atoms with van der Waals surface area (Å²) in [5, 5.41) is 0. The summed E-state index contributed by atoms with van der Waals surface area (Å²) < 4.78 is 8.74. The molecule has 0 aromatic rings. The van der Waals surface area contributed by atoms with Crippen molar-refractivity contribution in [3.05, 3.63) is 0 Å². The molecule has 0 radical (unpaired) electrons. The SMILES string of the molecule is O.O=[Si](O)O.[AlH3].[H-].[H-].[K+].[Na+]. The Labute approximate surface area is 127 Å². The molecule has 8 heavy (non-hydrogen) atoms. The van der Waals surface area contributed by atoms with Crippen molar-refractivity contribution in [2.45, 2.75) is 0 Å². The first-order valence-corrected chi connectivity index (χ1v) is 1.95. The fourth-order valence-corrected chi connectivity index (χ4v) is 0. The van der Waals surface area contributed by atoms with E-state index in [9.17, 15) is 0 Å². The van der Waals surface area contributed by atoms with Crippen LogP contribution in [-0.4, -0.2) is 41.6 Å². The molecule has 0 aliphatic carbocycles. The molecule has 0 fully saturated rings. The van der Waals surface area contributed by atoms with E-state index < -0.39 is 9.17 Å². The van der Waals surface area contributed by atoms with Gasteiger partial charge in [-0.05, 0) is 0 Å². The van der Waals surface area contributed by atoms with Crippen LogP contribution < -0.4 is 80.9 Å². The van der Waals surface area contributed by atoms with Crippen LogP contribution in [0.25, 0.3) is 0 Å². The van der Waals surface area contributed by atoms with Gasteiger partial charge in [-0.25, -0.2) is 0 Å². The standard InChI is InChI=1S/Al.K.Na.H2O3Si.H2O.5H/c;;;1-4(2)3;;;;;;/h;;;1-2H;1H2;;;;;/q;2*+1;;;;;;2*-1. The monoisotopic (exact) mass is 190 g/mol. The van der Waals surface area contributed by atoms with Gasteiger partial charge in [0.15, 0.2) is 17.4 Å². The van der Waals surface area contributed by atoms with Crippen molar-refractivity contribution < 1.29 is 103 Å². The van der Waals surface area contributed by atoms with Gasteiger partial charge in [0.25, 0.3) is 0 Å². The zero-order valence-electron chi connectivity index (χ0n) is 6.30. The molecule has 0 atom stereocenters. The Morgan fingerprint density at radius 1 is 1.38 bits per heavy atom. The first kappa shape index (κ1) is 30.9. The summed E-state index contributed by atoms with van der Waals surface area (Å²) in [5.74, 6) is 0. The van der Waals surface area contributed by atoms with Crippen LogP contribution in [-0.2, 0) is 4.46 Å². The molecule has 0 heterocycles. The number of rotatable bonds is 0. The van der Waals surface area contributed by atoms with E-state index in [1.54, 1.807) is 0 Å². The number of hydrogen-bond acceptors (Lipinski definition) is 1. The average Bonchev–Trinajstić information content (AvgIpc) is 0.811.